The summed E-state index contributed by atoms with van der Waals surface area (Å²) in [7, 11) is -2.92. The van der Waals surface area contributed by atoms with E-state index in [9.17, 15) is 8.42 Å². The first-order valence-electron chi connectivity index (χ1n) is 7.59. The van der Waals surface area contributed by atoms with Crippen molar-refractivity contribution in [2.45, 2.75) is 64.3 Å². The van der Waals surface area contributed by atoms with Gasteiger partial charge in [0.25, 0.3) is 0 Å². The zero-order valence-corrected chi connectivity index (χ0v) is 13.7. The zero-order chi connectivity index (χ0) is 14.5. The average Bonchev–Trinajstić information content (AvgIpc) is 2.37. The summed E-state index contributed by atoms with van der Waals surface area (Å²) < 4.78 is 23.9. The molecule has 19 heavy (non-hydrogen) atoms. The van der Waals surface area contributed by atoms with Gasteiger partial charge in [-0.25, -0.2) is 8.42 Å². The molecule has 4 nitrogen and oxygen atoms in total. The molecule has 1 heterocycles. The minimum atomic E-state index is -2.92. The van der Waals surface area contributed by atoms with Crippen LogP contribution >= 0.6 is 0 Å². The van der Waals surface area contributed by atoms with Crippen LogP contribution in [0.3, 0.4) is 0 Å². The summed E-state index contributed by atoms with van der Waals surface area (Å²) in [6.07, 6.45) is 3.42. The van der Waals surface area contributed by atoms with Gasteiger partial charge in [0.15, 0.2) is 9.84 Å². The monoisotopic (exact) mass is 290 g/mol. The Hall–Kier alpha value is -0.130. The lowest BCUT2D eigenvalue weighted by atomic mass is 10.0. The number of hydrogen-bond acceptors (Lipinski definition) is 4. The summed E-state index contributed by atoms with van der Waals surface area (Å²) in [5, 5.41) is 3.32. The molecule has 1 saturated heterocycles. The van der Waals surface area contributed by atoms with Crippen molar-refractivity contribution in [3.63, 3.8) is 0 Å². The molecule has 2 atom stereocenters. The second kappa shape index (κ2) is 7.60. The first-order valence-corrected chi connectivity index (χ1v) is 9.31. The molecule has 5 heteroatoms. The second-order valence-electron chi connectivity index (χ2n) is 5.87. The van der Waals surface area contributed by atoms with Crippen LogP contribution in [-0.2, 0) is 9.84 Å². The van der Waals surface area contributed by atoms with Crippen LogP contribution in [0.5, 0.6) is 0 Å². The molecule has 0 spiro atoms. The van der Waals surface area contributed by atoms with Crippen LogP contribution in [0.4, 0.5) is 0 Å². The molecule has 114 valence electrons. The fraction of sp³-hybridized carbons (Fsp3) is 1.00. The van der Waals surface area contributed by atoms with Gasteiger partial charge in [-0.2, -0.15) is 0 Å². The second-order valence-corrected chi connectivity index (χ2v) is 8.54. The molecule has 0 aromatic rings. The van der Waals surface area contributed by atoms with Crippen LogP contribution in [0.1, 0.15) is 47.0 Å². The number of rotatable bonds is 7. The Bertz CT molecular complexity index is 354. The fourth-order valence-corrected chi connectivity index (χ4v) is 3.59. The van der Waals surface area contributed by atoms with Gasteiger partial charge in [0.2, 0.25) is 0 Å². The first-order chi connectivity index (χ1) is 8.90. The quantitative estimate of drug-likeness (QED) is 0.775. The minimum absolute atomic E-state index is 0.262. The van der Waals surface area contributed by atoms with Gasteiger partial charge in [-0.05, 0) is 26.7 Å². The topological polar surface area (TPSA) is 49.4 Å². The largest absolute Gasteiger partial charge is 0.311 e. The molecule has 0 bridgehead atoms. The molecular weight excluding hydrogens is 260 g/mol. The van der Waals surface area contributed by atoms with E-state index in [1.54, 1.807) is 13.8 Å². The van der Waals surface area contributed by atoms with Crippen LogP contribution in [0.15, 0.2) is 0 Å². The smallest absolute Gasteiger partial charge is 0.153 e. The maximum absolute atomic E-state index is 11.9. The van der Waals surface area contributed by atoms with Crippen molar-refractivity contribution < 1.29 is 8.42 Å². The molecule has 1 rings (SSSR count). The summed E-state index contributed by atoms with van der Waals surface area (Å²) in [6.45, 7) is 10.6. The third-order valence-electron chi connectivity index (χ3n) is 4.10. The van der Waals surface area contributed by atoms with Gasteiger partial charge in [0.1, 0.15) is 0 Å². The van der Waals surface area contributed by atoms with Gasteiger partial charge < -0.3 is 5.32 Å². The molecule has 0 radical (unpaired) electrons. The Morgan fingerprint density at radius 1 is 1.32 bits per heavy atom. The van der Waals surface area contributed by atoms with Crippen molar-refractivity contribution in [3.05, 3.63) is 0 Å². The van der Waals surface area contributed by atoms with Crippen LogP contribution in [0, 0.1) is 0 Å². The number of sulfone groups is 1. The molecule has 1 aliphatic heterocycles. The highest BCUT2D eigenvalue weighted by atomic mass is 32.2. The van der Waals surface area contributed by atoms with E-state index >= 15 is 0 Å². The number of hydrogen-bond donors (Lipinski definition) is 1. The molecule has 0 aliphatic carbocycles. The van der Waals surface area contributed by atoms with Gasteiger partial charge in [-0.15, -0.1) is 0 Å². The summed E-state index contributed by atoms with van der Waals surface area (Å²) in [4.78, 5) is 2.37. The average molecular weight is 290 g/mol. The van der Waals surface area contributed by atoms with E-state index in [4.69, 9.17) is 0 Å². The Labute approximate surface area is 118 Å². The van der Waals surface area contributed by atoms with Crippen molar-refractivity contribution in [1.82, 2.24) is 10.2 Å². The van der Waals surface area contributed by atoms with E-state index in [2.05, 4.69) is 24.1 Å². The Kier molecular flexibility index (Phi) is 6.77. The molecule has 0 amide bonds. The van der Waals surface area contributed by atoms with Gasteiger partial charge in [0.05, 0.1) is 11.0 Å². The van der Waals surface area contributed by atoms with E-state index < -0.39 is 9.84 Å². The zero-order valence-electron chi connectivity index (χ0n) is 12.9. The molecular formula is C14H30N2O2S. The van der Waals surface area contributed by atoms with Crippen molar-refractivity contribution in [2.24, 2.45) is 0 Å². The van der Waals surface area contributed by atoms with E-state index in [0.29, 0.717) is 24.4 Å². The Morgan fingerprint density at radius 2 is 2.00 bits per heavy atom. The van der Waals surface area contributed by atoms with Crippen molar-refractivity contribution in [2.75, 3.05) is 25.4 Å². The van der Waals surface area contributed by atoms with E-state index in [0.717, 1.165) is 19.5 Å². The third kappa shape index (κ3) is 5.04. The van der Waals surface area contributed by atoms with E-state index in [1.807, 2.05) is 0 Å². The van der Waals surface area contributed by atoms with E-state index in [-0.39, 0.29) is 5.25 Å². The number of piperazine rings is 1. The minimum Gasteiger partial charge on any atom is -0.311 e. The molecule has 0 aromatic heterocycles. The summed E-state index contributed by atoms with van der Waals surface area (Å²) >= 11 is 0. The lowest BCUT2D eigenvalue weighted by Crippen LogP contribution is -2.57. The predicted molar refractivity (Wildman–Crippen MR) is 81.3 cm³/mol. The molecule has 1 fully saturated rings. The lowest BCUT2D eigenvalue weighted by Gasteiger charge is -2.40. The highest BCUT2D eigenvalue weighted by Gasteiger charge is 2.27. The predicted octanol–water partition coefficient (Wildman–Crippen LogP) is 1.66. The van der Waals surface area contributed by atoms with Gasteiger partial charge in [0, 0.05) is 31.7 Å². The van der Waals surface area contributed by atoms with Crippen molar-refractivity contribution >= 4 is 9.84 Å². The summed E-state index contributed by atoms with van der Waals surface area (Å²) in [5.41, 5.74) is 0. The molecule has 0 saturated carbocycles. The molecule has 0 aromatic carbocycles. The maximum atomic E-state index is 11.9. The van der Waals surface area contributed by atoms with Crippen molar-refractivity contribution in [1.29, 1.82) is 0 Å². The highest BCUT2D eigenvalue weighted by Crippen LogP contribution is 2.14. The van der Waals surface area contributed by atoms with Gasteiger partial charge in [-0.3, -0.25) is 4.90 Å². The van der Waals surface area contributed by atoms with Crippen LogP contribution in [-0.4, -0.2) is 56.0 Å². The van der Waals surface area contributed by atoms with Crippen LogP contribution < -0.4 is 5.32 Å². The summed E-state index contributed by atoms with van der Waals surface area (Å²) in [5.74, 6) is 0.292. The van der Waals surface area contributed by atoms with Crippen molar-refractivity contribution in [3.8, 4) is 0 Å². The highest BCUT2D eigenvalue weighted by molar-refractivity contribution is 7.92. The van der Waals surface area contributed by atoms with Gasteiger partial charge >= 0.3 is 0 Å². The van der Waals surface area contributed by atoms with Crippen LogP contribution in [0.25, 0.3) is 0 Å². The maximum Gasteiger partial charge on any atom is 0.153 e. The molecule has 1 N–H and O–H groups in total. The SMILES string of the molecule is CCCC1CN(CCS(=O)(=O)C(C)C)C(CC)CN1. The summed E-state index contributed by atoms with van der Waals surface area (Å²) in [6, 6.07) is 1.00. The van der Waals surface area contributed by atoms with Crippen LogP contribution in [0.2, 0.25) is 0 Å². The number of nitrogens with zero attached hydrogens (tertiary/aromatic N) is 1. The Morgan fingerprint density at radius 3 is 2.53 bits per heavy atom. The number of nitrogens with one attached hydrogen (secondary N) is 1. The fourth-order valence-electron chi connectivity index (χ4n) is 2.63. The Balaban J connectivity index is 2.56. The standard InChI is InChI=1S/C14H30N2O2S/c1-5-7-13-11-16(14(6-2)10-15-13)8-9-19(17,18)12(3)4/h12-15H,5-11H2,1-4H3. The normalized spacial score (nSPS) is 25.9. The molecule has 1 aliphatic rings. The first kappa shape index (κ1) is 16.9. The third-order valence-corrected chi connectivity index (χ3v) is 6.29. The van der Waals surface area contributed by atoms with E-state index in [1.165, 1.54) is 12.8 Å². The molecule has 2 unspecified atom stereocenters. The lowest BCUT2D eigenvalue weighted by molar-refractivity contribution is 0.130. The van der Waals surface area contributed by atoms with Gasteiger partial charge in [-0.1, -0.05) is 20.3 Å².